The van der Waals surface area contributed by atoms with Gasteiger partial charge in [-0.15, -0.1) is 0 Å². The van der Waals surface area contributed by atoms with Gasteiger partial charge in [0.25, 0.3) is 5.91 Å². The predicted octanol–water partition coefficient (Wildman–Crippen LogP) is 2.24. The molecule has 0 aliphatic carbocycles. The molecule has 3 rings (SSSR count). The largest absolute Gasteiger partial charge is 0.382 e. The Morgan fingerprint density at radius 3 is 2.50 bits per heavy atom. The summed E-state index contributed by atoms with van der Waals surface area (Å²) in [5, 5.41) is 6.13. The fourth-order valence-corrected chi connectivity index (χ4v) is 2.16. The molecule has 2 aromatic carbocycles. The molecular weight excluding hydrogens is 248 g/mol. The van der Waals surface area contributed by atoms with E-state index in [-0.39, 0.29) is 5.91 Å². The van der Waals surface area contributed by atoms with Crippen molar-refractivity contribution < 1.29 is 4.79 Å². The number of nitrogens with one attached hydrogen (secondary N) is 2. The predicted molar refractivity (Wildman–Crippen MR) is 79.7 cm³/mol. The van der Waals surface area contributed by atoms with Crippen molar-refractivity contribution in [3.63, 3.8) is 0 Å². The molecule has 0 aromatic heterocycles. The van der Waals surface area contributed by atoms with Gasteiger partial charge in [-0.2, -0.15) is 0 Å². The van der Waals surface area contributed by atoms with E-state index in [1.807, 2.05) is 48.5 Å². The molecule has 0 saturated carbocycles. The molecule has 1 amide bonds. The molecule has 1 aliphatic rings. The van der Waals surface area contributed by atoms with Gasteiger partial charge < -0.3 is 10.6 Å². The highest BCUT2D eigenvalue weighted by Crippen LogP contribution is 2.21. The fourth-order valence-electron chi connectivity index (χ4n) is 2.16. The molecule has 1 heterocycles. The van der Waals surface area contributed by atoms with Crippen LogP contribution in [0.1, 0.15) is 21.5 Å². The van der Waals surface area contributed by atoms with E-state index in [2.05, 4.69) is 22.5 Å². The first-order valence-electron chi connectivity index (χ1n) is 6.57. The minimum atomic E-state index is -0.0478. The van der Waals surface area contributed by atoms with Crippen molar-refractivity contribution >= 4 is 11.6 Å². The average Bonchev–Trinajstić information content (AvgIpc) is 2.69. The molecule has 1 aliphatic heterocycles. The summed E-state index contributed by atoms with van der Waals surface area (Å²) in [4.78, 5) is 11.9. The first-order valence-corrected chi connectivity index (χ1v) is 6.57. The molecule has 2 aromatic rings. The van der Waals surface area contributed by atoms with E-state index in [9.17, 15) is 4.79 Å². The minimum Gasteiger partial charge on any atom is -0.382 e. The van der Waals surface area contributed by atoms with Gasteiger partial charge in [0.05, 0.1) is 11.3 Å². The number of fused-ring (bicyclic) bond motifs is 1. The Kier molecular flexibility index (Phi) is 3.38. The zero-order valence-corrected chi connectivity index (χ0v) is 10.9. The SMILES string of the molecule is O=C1NCCNc2c(C#Cc3ccccc3)cccc21. The summed E-state index contributed by atoms with van der Waals surface area (Å²) in [7, 11) is 0. The zero-order chi connectivity index (χ0) is 13.8. The minimum absolute atomic E-state index is 0.0478. The second kappa shape index (κ2) is 5.50. The summed E-state index contributed by atoms with van der Waals surface area (Å²) >= 11 is 0. The molecule has 0 bridgehead atoms. The van der Waals surface area contributed by atoms with Crippen LogP contribution in [0.25, 0.3) is 0 Å². The summed E-state index contributed by atoms with van der Waals surface area (Å²) < 4.78 is 0. The van der Waals surface area contributed by atoms with Crippen molar-refractivity contribution in [3.05, 3.63) is 65.2 Å². The van der Waals surface area contributed by atoms with Crippen LogP contribution >= 0.6 is 0 Å². The van der Waals surface area contributed by atoms with Crippen LogP contribution in [-0.2, 0) is 0 Å². The van der Waals surface area contributed by atoms with Crippen molar-refractivity contribution in [2.75, 3.05) is 18.4 Å². The van der Waals surface area contributed by atoms with Gasteiger partial charge in [0.15, 0.2) is 0 Å². The van der Waals surface area contributed by atoms with Gasteiger partial charge in [0.1, 0.15) is 0 Å². The Balaban J connectivity index is 2.01. The molecule has 3 nitrogen and oxygen atoms in total. The highest BCUT2D eigenvalue weighted by atomic mass is 16.1. The Hall–Kier alpha value is -2.73. The van der Waals surface area contributed by atoms with Gasteiger partial charge in [0, 0.05) is 24.2 Å². The van der Waals surface area contributed by atoms with Crippen LogP contribution in [-0.4, -0.2) is 19.0 Å². The van der Waals surface area contributed by atoms with E-state index in [1.54, 1.807) is 0 Å². The highest BCUT2D eigenvalue weighted by Gasteiger charge is 2.16. The van der Waals surface area contributed by atoms with Gasteiger partial charge in [-0.05, 0) is 24.3 Å². The van der Waals surface area contributed by atoms with E-state index in [1.165, 1.54) is 0 Å². The second-order valence-corrected chi connectivity index (χ2v) is 4.53. The Labute approximate surface area is 118 Å². The van der Waals surface area contributed by atoms with Crippen LogP contribution in [0.5, 0.6) is 0 Å². The number of para-hydroxylation sites is 1. The quantitative estimate of drug-likeness (QED) is 0.715. The number of anilines is 1. The van der Waals surface area contributed by atoms with Crippen molar-refractivity contribution in [1.29, 1.82) is 0 Å². The summed E-state index contributed by atoms with van der Waals surface area (Å²) in [6.07, 6.45) is 0. The molecular formula is C17H14N2O. The van der Waals surface area contributed by atoms with Gasteiger partial charge in [-0.1, -0.05) is 36.1 Å². The van der Waals surface area contributed by atoms with E-state index in [0.29, 0.717) is 18.7 Å². The molecule has 0 unspecified atom stereocenters. The standard InChI is InChI=1S/C17H14N2O/c20-17-15-8-4-7-14(16(15)18-11-12-19-17)10-9-13-5-2-1-3-6-13/h1-8,18H,11-12H2,(H,19,20). The first-order chi connectivity index (χ1) is 9.84. The molecule has 20 heavy (non-hydrogen) atoms. The van der Waals surface area contributed by atoms with Crippen molar-refractivity contribution in [2.45, 2.75) is 0 Å². The third-order valence-corrected chi connectivity index (χ3v) is 3.14. The second-order valence-electron chi connectivity index (χ2n) is 4.53. The fraction of sp³-hybridized carbons (Fsp3) is 0.118. The Morgan fingerprint density at radius 1 is 0.850 bits per heavy atom. The van der Waals surface area contributed by atoms with E-state index >= 15 is 0 Å². The van der Waals surface area contributed by atoms with Crippen LogP contribution in [0.15, 0.2) is 48.5 Å². The summed E-state index contributed by atoms with van der Waals surface area (Å²) in [5.74, 6) is 6.22. The third kappa shape index (κ3) is 2.50. The Morgan fingerprint density at radius 2 is 1.65 bits per heavy atom. The summed E-state index contributed by atoms with van der Waals surface area (Å²) in [6.45, 7) is 1.34. The number of hydrogen-bond donors (Lipinski definition) is 2. The van der Waals surface area contributed by atoms with Crippen LogP contribution in [0.3, 0.4) is 0 Å². The van der Waals surface area contributed by atoms with Crippen LogP contribution in [0, 0.1) is 11.8 Å². The van der Waals surface area contributed by atoms with E-state index < -0.39 is 0 Å². The van der Waals surface area contributed by atoms with Crippen molar-refractivity contribution in [1.82, 2.24) is 5.32 Å². The topological polar surface area (TPSA) is 41.1 Å². The Bertz CT molecular complexity index is 696. The zero-order valence-electron chi connectivity index (χ0n) is 10.9. The smallest absolute Gasteiger partial charge is 0.253 e. The monoisotopic (exact) mass is 262 g/mol. The van der Waals surface area contributed by atoms with Crippen LogP contribution in [0.4, 0.5) is 5.69 Å². The molecule has 0 radical (unpaired) electrons. The molecule has 0 spiro atoms. The average molecular weight is 262 g/mol. The van der Waals surface area contributed by atoms with Gasteiger partial charge in [-0.25, -0.2) is 0 Å². The normalized spacial score (nSPS) is 13.1. The van der Waals surface area contributed by atoms with Gasteiger partial charge >= 0.3 is 0 Å². The maximum absolute atomic E-state index is 11.9. The lowest BCUT2D eigenvalue weighted by atomic mass is 10.1. The molecule has 98 valence electrons. The molecule has 3 heteroatoms. The van der Waals surface area contributed by atoms with Crippen molar-refractivity contribution in [3.8, 4) is 11.8 Å². The lowest BCUT2D eigenvalue weighted by Crippen LogP contribution is -2.24. The number of amides is 1. The lowest BCUT2D eigenvalue weighted by Gasteiger charge is -2.07. The van der Waals surface area contributed by atoms with E-state index in [4.69, 9.17) is 0 Å². The number of hydrogen-bond acceptors (Lipinski definition) is 2. The lowest BCUT2D eigenvalue weighted by molar-refractivity contribution is 0.0958. The van der Waals surface area contributed by atoms with Gasteiger partial charge in [0.2, 0.25) is 0 Å². The highest BCUT2D eigenvalue weighted by molar-refractivity contribution is 6.01. The molecule has 0 atom stereocenters. The van der Waals surface area contributed by atoms with Gasteiger partial charge in [-0.3, -0.25) is 4.79 Å². The van der Waals surface area contributed by atoms with E-state index in [0.717, 1.165) is 16.8 Å². The van der Waals surface area contributed by atoms with Crippen LogP contribution in [0.2, 0.25) is 0 Å². The number of carbonyl (C=O) groups is 1. The van der Waals surface area contributed by atoms with Crippen LogP contribution < -0.4 is 10.6 Å². The molecule has 0 saturated heterocycles. The number of carbonyl (C=O) groups excluding carboxylic acids is 1. The first kappa shape index (κ1) is 12.3. The summed E-state index contributed by atoms with van der Waals surface area (Å²) in [6, 6.07) is 15.4. The number of rotatable bonds is 0. The number of benzene rings is 2. The molecule has 0 fully saturated rings. The maximum atomic E-state index is 11.9. The van der Waals surface area contributed by atoms with Crippen molar-refractivity contribution in [2.24, 2.45) is 0 Å². The third-order valence-electron chi connectivity index (χ3n) is 3.14. The maximum Gasteiger partial charge on any atom is 0.253 e. The molecule has 2 N–H and O–H groups in total. The summed E-state index contributed by atoms with van der Waals surface area (Å²) in [5.41, 5.74) is 3.29.